The minimum atomic E-state index is 0.968. The number of rotatable bonds is 2. The van der Waals surface area contributed by atoms with E-state index >= 15 is 0 Å². The second-order valence-corrected chi connectivity index (χ2v) is 2.10. The van der Waals surface area contributed by atoms with E-state index in [1.165, 1.54) is 12.8 Å². The van der Waals surface area contributed by atoms with Crippen LogP contribution in [0, 0.1) is 0 Å². The van der Waals surface area contributed by atoms with Gasteiger partial charge in [-0.3, -0.25) is 0 Å². The highest BCUT2D eigenvalue weighted by atomic mass is 16.5. The van der Waals surface area contributed by atoms with Crippen LogP contribution in [0.3, 0.4) is 0 Å². The highest BCUT2D eigenvalue weighted by Gasteiger charge is 1.72. The molecule has 0 heterocycles. The van der Waals surface area contributed by atoms with E-state index in [1.54, 1.807) is 7.11 Å². The highest BCUT2D eigenvalue weighted by Crippen LogP contribution is 1.87. The van der Waals surface area contributed by atoms with Crippen LogP contribution in [-0.4, -0.2) is 7.11 Å². The number of unbranched alkanes of at least 4 members (excludes halogenated alkanes) is 1. The third kappa shape index (κ3) is 65.1. The largest absolute Gasteiger partial charge is 0.502 e. The normalized spacial score (nSPS) is 7.79. The van der Waals surface area contributed by atoms with Crippen LogP contribution in [-0.2, 0) is 4.74 Å². The van der Waals surface area contributed by atoms with Gasteiger partial charge in [-0.15, -0.1) is 13.2 Å². The lowest BCUT2D eigenvalue weighted by atomic mass is 10.4. The minimum Gasteiger partial charge on any atom is -0.502 e. The van der Waals surface area contributed by atoms with E-state index < -0.39 is 0 Å². The summed E-state index contributed by atoms with van der Waals surface area (Å²) in [6.07, 6.45) is 4.56. The second-order valence-electron chi connectivity index (χ2n) is 2.10. The van der Waals surface area contributed by atoms with Crippen LogP contribution in [0.25, 0.3) is 0 Å². The summed E-state index contributed by atoms with van der Waals surface area (Å²) in [4.78, 5) is 0. The van der Waals surface area contributed by atoms with E-state index in [-0.39, 0.29) is 0 Å². The van der Waals surface area contributed by atoms with Crippen molar-refractivity contribution in [1.82, 2.24) is 0 Å². The van der Waals surface area contributed by atoms with Crippen molar-refractivity contribution in [2.24, 2.45) is 0 Å². The molecular weight excluding hydrogens is 172 g/mol. The van der Waals surface area contributed by atoms with Crippen LogP contribution in [0.15, 0.2) is 25.0 Å². The number of hydrogen-bond acceptors (Lipinski definition) is 1. The summed E-state index contributed by atoms with van der Waals surface area (Å²) >= 11 is 0. The summed E-state index contributed by atoms with van der Waals surface area (Å²) in [5.74, 6) is 0.968. The maximum Gasteiger partial charge on any atom is 0.0882 e. The van der Waals surface area contributed by atoms with Crippen molar-refractivity contribution in [3.05, 3.63) is 25.0 Å². The van der Waals surface area contributed by atoms with Gasteiger partial charge in [-0.25, -0.2) is 0 Å². The van der Waals surface area contributed by atoms with Crippen LogP contribution in [0.1, 0.15) is 54.4 Å². The van der Waals surface area contributed by atoms with Crippen molar-refractivity contribution in [2.75, 3.05) is 7.11 Å². The van der Waals surface area contributed by atoms with Crippen LogP contribution in [0.2, 0.25) is 0 Å². The van der Waals surface area contributed by atoms with Gasteiger partial charge >= 0.3 is 0 Å². The van der Waals surface area contributed by atoms with Crippen molar-refractivity contribution < 1.29 is 4.74 Å². The zero-order chi connectivity index (χ0) is 12.4. The fraction of sp³-hybridized carbons (Fsp3) is 0.692. The summed E-state index contributed by atoms with van der Waals surface area (Å²) in [6.45, 7) is 18.2. The van der Waals surface area contributed by atoms with E-state index in [1.807, 2.05) is 33.8 Å². The Kier molecular flexibility index (Phi) is 65.8. The topological polar surface area (TPSA) is 9.23 Å². The minimum absolute atomic E-state index is 0.968. The lowest BCUT2D eigenvalue weighted by molar-refractivity contribution is 0.293. The molecule has 0 aliphatic rings. The molecule has 88 valence electrons. The first-order valence-electron chi connectivity index (χ1n) is 5.39. The molecule has 0 rings (SSSR count). The summed E-state index contributed by atoms with van der Waals surface area (Å²) in [5, 5.41) is 0. The van der Waals surface area contributed by atoms with Crippen molar-refractivity contribution in [2.45, 2.75) is 54.4 Å². The van der Waals surface area contributed by atoms with Gasteiger partial charge in [-0.2, -0.15) is 0 Å². The number of allylic oxidation sites excluding steroid dienone is 2. The average molecular weight is 202 g/mol. The van der Waals surface area contributed by atoms with E-state index in [4.69, 9.17) is 4.74 Å². The zero-order valence-corrected chi connectivity index (χ0v) is 11.3. The van der Waals surface area contributed by atoms with Gasteiger partial charge in [-0.1, -0.05) is 46.6 Å². The smallest absolute Gasteiger partial charge is 0.0882 e. The SMILES string of the molecule is C/C=C(/C)OC.C=C.CC.CCCC. The molecule has 0 aromatic heterocycles. The first-order valence-corrected chi connectivity index (χ1v) is 5.39. The Morgan fingerprint density at radius 3 is 1.43 bits per heavy atom. The van der Waals surface area contributed by atoms with Gasteiger partial charge in [0, 0.05) is 0 Å². The molecule has 0 bridgehead atoms. The van der Waals surface area contributed by atoms with Gasteiger partial charge < -0.3 is 4.74 Å². The number of ether oxygens (including phenoxy) is 1. The second kappa shape index (κ2) is 39.6. The predicted octanol–water partition coefficient (Wildman–Crippen LogP) is 5.19. The van der Waals surface area contributed by atoms with E-state index in [2.05, 4.69) is 27.0 Å². The lowest BCUT2D eigenvalue weighted by Gasteiger charge is -1.91. The Bertz CT molecular complexity index is 83.2. The molecule has 0 atom stereocenters. The molecule has 1 heteroatoms. The quantitative estimate of drug-likeness (QED) is 0.442. The molecule has 0 spiro atoms. The Hall–Kier alpha value is -0.720. The molecule has 14 heavy (non-hydrogen) atoms. The van der Waals surface area contributed by atoms with Crippen LogP contribution < -0.4 is 0 Å². The van der Waals surface area contributed by atoms with Gasteiger partial charge in [0.05, 0.1) is 12.9 Å². The zero-order valence-electron chi connectivity index (χ0n) is 11.3. The first-order chi connectivity index (χ1) is 6.72. The van der Waals surface area contributed by atoms with Gasteiger partial charge in [0.25, 0.3) is 0 Å². The predicted molar refractivity (Wildman–Crippen MR) is 69.6 cm³/mol. The first kappa shape index (κ1) is 23.3. The highest BCUT2D eigenvalue weighted by molar-refractivity contribution is 4.82. The molecule has 0 aliphatic carbocycles. The van der Waals surface area contributed by atoms with Crippen LogP contribution >= 0.6 is 0 Å². The molecule has 0 aromatic carbocycles. The van der Waals surface area contributed by atoms with Gasteiger partial charge in [0.15, 0.2) is 0 Å². The summed E-state index contributed by atoms with van der Waals surface area (Å²) in [7, 11) is 1.66. The third-order valence-electron chi connectivity index (χ3n) is 1.23. The molecular formula is C13H30O. The lowest BCUT2D eigenvalue weighted by Crippen LogP contribution is -1.73. The molecule has 0 N–H and O–H groups in total. The van der Waals surface area contributed by atoms with Crippen LogP contribution in [0.5, 0.6) is 0 Å². The Morgan fingerprint density at radius 1 is 1.14 bits per heavy atom. The Labute approximate surface area is 91.9 Å². The van der Waals surface area contributed by atoms with Gasteiger partial charge in [-0.05, 0) is 13.8 Å². The Balaban J connectivity index is -0.0000000546. The van der Waals surface area contributed by atoms with Gasteiger partial charge in [0.1, 0.15) is 0 Å². The monoisotopic (exact) mass is 202 g/mol. The summed E-state index contributed by atoms with van der Waals surface area (Å²) < 4.78 is 4.76. The van der Waals surface area contributed by atoms with Crippen molar-refractivity contribution in [1.29, 1.82) is 0 Å². The number of hydrogen-bond donors (Lipinski definition) is 0. The number of methoxy groups -OCH3 is 1. The standard InChI is InChI=1S/C5H10O.C4H10.C2H6.C2H4/c1-4-5(2)6-3;1-3-4-2;2*1-2/h4H,1-3H3;3-4H2,1-2H3;1-2H3;1-2H2/b5-4-;;;. The third-order valence-corrected chi connectivity index (χ3v) is 1.23. The summed E-state index contributed by atoms with van der Waals surface area (Å²) in [5.41, 5.74) is 0. The maximum absolute atomic E-state index is 4.76. The molecule has 1 nitrogen and oxygen atoms in total. The molecule has 0 fully saturated rings. The van der Waals surface area contributed by atoms with Crippen molar-refractivity contribution >= 4 is 0 Å². The molecule has 0 amide bonds. The van der Waals surface area contributed by atoms with Crippen molar-refractivity contribution in [3.8, 4) is 0 Å². The molecule has 0 saturated carbocycles. The van der Waals surface area contributed by atoms with E-state index in [9.17, 15) is 0 Å². The van der Waals surface area contributed by atoms with Crippen molar-refractivity contribution in [3.63, 3.8) is 0 Å². The fourth-order valence-corrected chi connectivity index (χ4v) is 0.118. The van der Waals surface area contributed by atoms with E-state index in [0.717, 1.165) is 5.76 Å². The average Bonchev–Trinajstić information content (AvgIpc) is 2.33. The molecule has 0 saturated heterocycles. The van der Waals surface area contributed by atoms with Crippen LogP contribution in [0.4, 0.5) is 0 Å². The Morgan fingerprint density at radius 2 is 1.43 bits per heavy atom. The fourth-order valence-electron chi connectivity index (χ4n) is 0.118. The molecule has 0 aliphatic heterocycles. The van der Waals surface area contributed by atoms with Gasteiger partial charge in [0.2, 0.25) is 0 Å². The molecule has 0 radical (unpaired) electrons. The summed E-state index contributed by atoms with van der Waals surface area (Å²) in [6, 6.07) is 0. The molecule has 0 unspecified atom stereocenters. The molecule has 0 aromatic rings. The van der Waals surface area contributed by atoms with E-state index in [0.29, 0.717) is 0 Å². The maximum atomic E-state index is 4.76.